The number of benzene rings is 3. The van der Waals surface area contributed by atoms with Gasteiger partial charge in [0.25, 0.3) is 0 Å². The minimum Gasteiger partial charge on any atom is -0.491 e. The molecule has 1 unspecified atom stereocenters. The van der Waals surface area contributed by atoms with Crippen LogP contribution in [0, 0.1) is 11.8 Å². The van der Waals surface area contributed by atoms with Crippen LogP contribution in [0.25, 0.3) is 11.1 Å². The van der Waals surface area contributed by atoms with E-state index in [1.165, 1.54) is 18.2 Å². The van der Waals surface area contributed by atoms with E-state index >= 15 is 0 Å². The molecule has 9 heteroatoms. The van der Waals surface area contributed by atoms with E-state index in [0.717, 1.165) is 23.3 Å². The molecule has 2 aliphatic rings. The number of rotatable bonds is 8. The molecule has 5 rings (SSSR count). The first kappa shape index (κ1) is 27.9. The fourth-order valence-electron chi connectivity index (χ4n) is 5.32. The zero-order chi connectivity index (χ0) is 28.3. The topological polar surface area (TPSA) is 85.2 Å². The Kier molecular flexibility index (Phi) is 8.25. The Morgan fingerprint density at radius 1 is 1.00 bits per heavy atom. The van der Waals surface area contributed by atoms with Gasteiger partial charge in [-0.3, -0.25) is 0 Å². The summed E-state index contributed by atoms with van der Waals surface area (Å²) >= 11 is 0. The molecule has 6 nitrogen and oxygen atoms in total. The van der Waals surface area contributed by atoms with Gasteiger partial charge < -0.3 is 24.4 Å². The van der Waals surface area contributed by atoms with Crippen molar-refractivity contribution in [3.8, 4) is 16.9 Å². The van der Waals surface area contributed by atoms with Crippen LogP contribution in [0.4, 0.5) is 13.2 Å². The van der Waals surface area contributed by atoms with E-state index in [-0.39, 0.29) is 30.3 Å². The van der Waals surface area contributed by atoms with Crippen molar-refractivity contribution in [2.24, 2.45) is 11.8 Å². The van der Waals surface area contributed by atoms with Crippen molar-refractivity contribution in [3.63, 3.8) is 0 Å². The number of carbonyl (C=O) groups is 1. The van der Waals surface area contributed by atoms with Crippen molar-refractivity contribution in [1.82, 2.24) is 0 Å². The van der Waals surface area contributed by atoms with Crippen molar-refractivity contribution in [1.29, 1.82) is 0 Å². The summed E-state index contributed by atoms with van der Waals surface area (Å²) in [5, 5.41) is 20.4. The van der Waals surface area contributed by atoms with E-state index in [2.05, 4.69) is 0 Å². The monoisotopic (exact) mass is 554 g/mol. The fourth-order valence-corrected chi connectivity index (χ4v) is 5.32. The first-order valence-electron chi connectivity index (χ1n) is 13.0. The third-order valence-electron chi connectivity index (χ3n) is 7.30. The third-order valence-corrected chi connectivity index (χ3v) is 7.30. The summed E-state index contributed by atoms with van der Waals surface area (Å²) in [4.78, 5) is 13.0. The van der Waals surface area contributed by atoms with Crippen LogP contribution in [-0.2, 0) is 15.7 Å². The highest BCUT2D eigenvalue weighted by Gasteiger charge is 2.50. The molecule has 0 bridgehead atoms. The van der Waals surface area contributed by atoms with Crippen LogP contribution in [-0.4, -0.2) is 47.4 Å². The summed E-state index contributed by atoms with van der Waals surface area (Å²) in [6.07, 6.45) is -3.45. The lowest BCUT2D eigenvalue weighted by molar-refractivity contribution is -0.137. The number of hydrogen-bond donors (Lipinski definition) is 2. The predicted molar refractivity (Wildman–Crippen MR) is 140 cm³/mol. The molecule has 2 fully saturated rings. The van der Waals surface area contributed by atoms with Gasteiger partial charge in [0.2, 0.25) is 0 Å². The molecule has 0 spiro atoms. The van der Waals surface area contributed by atoms with Gasteiger partial charge in [-0.25, -0.2) is 4.79 Å². The molecule has 1 heterocycles. The number of carbonyl (C=O) groups excluding carboxylic acids is 1. The molecule has 1 saturated heterocycles. The zero-order valence-corrected chi connectivity index (χ0v) is 21.4. The van der Waals surface area contributed by atoms with Crippen molar-refractivity contribution in [2.75, 3.05) is 6.61 Å². The Balaban J connectivity index is 1.23. The molecule has 3 aromatic carbocycles. The largest absolute Gasteiger partial charge is 0.491 e. The molecule has 2 N–H and O–H groups in total. The van der Waals surface area contributed by atoms with Crippen LogP contribution in [0.3, 0.4) is 0 Å². The Morgan fingerprint density at radius 2 is 1.73 bits per heavy atom. The number of esters is 1. The maximum absolute atomic E-state index is 13.0. The average molecular weight is 555 g/mol. The highest BCUT2D eigenvalue weighted by Crippen LogP contribution is 2.45. The third kappa shape index (κ3) is 6.55. The van der Waals surface area contributed by atoms with Crippen molar-refractivity contribution in [2.45, 2.75) is 43.6 Å². The molecule has 1 aliphatic heterocycles. The van der Waals surface area contributed by atoms with Gasteiger partial charge in [-0.15, -0.1) is 0 Å². The number of hydrogen-bond acceptors (Lipinski definition) is 6. The number of aliphatic hydroxyl groups excluding tert-OH is 2. The van der Waals surface area contributed by atoms with Gasteiger partial charge in [0.05, 0.1) is 17.2 Å². The molecule has 3 aromatic rings. The van der Waals surface area contributed by atoms with Gasteiger partial charge >= 0.3 is 12.1 Å². The highest BCUT2D eigenvalue weighted by atomic mass is 19.4. The lowest BCUT2D eigenvalue weighted by atomic mass is 9.91. The second-order valence-corrected chi connectivity index (χ2v) is 10.0. The lowest BCUT2D eigenvalue weighted by Gasteiger charge is -2.21. The van der Waals surface area contributed by atoms with Gasteiger partial charge in [0.1, 0.15) is 24.6 Å². The Morgan fingerprint density at radius 3 is 2.45 bits per heavy atom. The summed E-state index contributed by atoms with van der Waals surface area (Å²) in [5.74, 6) is -0.962. The first-order valence-corrected chi connectivity index (χ1v) is 13.0. The average Bonchev–Trinajstić information content (AvgIpc) is 3.46. The van der Waals surface area contributed by atoms with E-state index in [4.69, 9.17) is 14.2 Å². The van der Waals surface area contributed by atoms with Gasteiger partial charge in [-0.2, -0.15) is 13.2 Å². The summed E-state index contributed by atoms with van der Waals surface area (Å²) in [6.45, 7) is -0.268. The van der Waals surface area contributed by atoms with Crippen LogP contribution in [0.2, 0.25) is 0 Å². The predicted octanol–water partition coefficient (Wildman–Crippen LogP) is 5.64. The minimum atomic E-state index is -4.50. The second-order valence-electron chi connectivity index (χ2n) is 10.0. The Labute approximate surface area is 229 Å². The Bertz CT molecular complexity index is 1320. The molecule has 40 heavy (non-hydrogen) atoms. The normalized spacial score (nSPS) is 25.1. The van der Waals surface area contributed by atoms with E-state index in [1.54, 1.807) is 18.2 Å². The maximum atomic E-state index is 13.0. The fraction of sp³-hybridized carbons (Fsp3) is 0.323. The van der Waals surface area contributed by atoms with Gasteiger partial charge in [-0.05, 0) is 47.4 Å². The quantitative estimate of drug-likeness (QED) is 0.277. The molecular formula is C31H29F3O6. The minimum absolute atomic E-state index is 0.0133. The standard InChI is InChI=1S/C31H29F3O6/c32-31(33,34)22-7-4-8-24(15-22)38-18-23(35)13-14-25-26-16-29(36)39-28(26)17-27(25)40-30(37)21-11-9-20(10-12-21)19-5-2-1-3-6-19/h1-15,23,25-29,35-36H,16-18H2/b14-13+/t23-,25-,26-,27-,28?,29-/m1/s1. The molecule has 6 atom stereocenters. The van der Waals surface area contributed by atoms with E-state index in [0.29, 0.717) is 18.4 Å². The molecule has 0 amide bonds. The van der Waals surface area contributed by atoms with Crippen molar-refractivity contribution >= 4 is 5.97 Å². The smallest absolute Gasteiger partial charge is 0.416 e. The number of ether oxygens (including phenoxy) is 3. The summed E-state index contributed by atoms with van der Waals surface area (Å²) in [6, 6.07) is 21.3. The maximum Gasteiger partial charge on any atom is 0.416 e. The van der Waals surface area contributed by atoms with Gasteiger partial charge in [0.15, 0.2) is 6.29 Å². The van der Waals surface area contributed by atoms with Crippen molar-refractivity contribution < 1.29 is 42.4 Å². The van der Waals surface area contributed by atoms with Crippen molar-refractivity contribution in [3.05, 3.63) is 102 Å². The molecule has 0 aromatic heterocycles. The highest BCUT2D eigenvalue weighted by molar-refractivity contribution is 5.90. The first-order chi connectivity index (χ1) is 19.2. The number of fused-ring (bicyclic) bond motifs is 1. The van der Waals surface area contributed by atoms with Crippen LogP contribution < -0.4 is 4.74 Å². The van der Waals surface area contributed by atoms with Gasteiger partial charge in [0, 0.05) is 18.8 Å². The zero-order valence-electron chi connectivity index (χ0n) is 21.4. The van der Waals surface area contributed by atoms with Crippen LogP contribution in [0.1, 0.15) is 28.8 Å². The number of alkyl halides is 3. The summed E-state index contributed by atoms with van der Waals surface area (Å²) < 4.78 is 55.6. The molecule has 0 radical (unpaired) electrons. The van der Waals surface area contributed by atoms with Gasteiger partial charge in [-0.1, -0.05) is 60.7 Å². The second kappa shape index (κ2) is 11.8. The Hall–Kier alpha value is -3.66. The van der Waals surface area contributed by atoms with E-state index in [1.807, 2.05) is 42.5 Å². The van der Waals surface area contributed by atoms with Crippen LogP contribution in [0.5, 0.6) is 5.75 Å². The van der Waals surface area contributed by atoms with Crippen LogP contribution in [0.15, 0.2) is 91.0 Å². The molecule has 1 saturated carbocycles. The molecule has 1 aliphatic carbocycles. The van der Waals surface area contributed by atoms with Crippen LogP contribution >= 0.6 is 0 Å². The number of aliphatic hydroxyl groups is 2. The van der Waals surface area contributed by atoms with E-state index < -0.39 is 36.2 Å². The summed E-state index contributed by atoms with van der Waals surface area (Å²) in [5.41, 5.74) is 1.56. The summed E-state index contributed by atoms with van der Waals surface area (Å²) in [7, 11) is 0. The lowest BCUT2D eigenvalue weighted by Crippen LogP contribution is -2.26. The molecular weight excluding hydrogens is 525 g/mol. The number of halogens is 3. The van der Waals surface area contributed by atoms with E-state index in [9.17, 15) is 28.2 Å². The SMILES string of the molecule is O=C(O[C@@H]1CC2O[C@@H](O)C[C@@H]2[C@H]1/C=C/[C@@H](O)COc1cccc(C(F)(F)F)c1)c1ccc(-c2ccccc2)cc1. The molecule has 210 valence electrons.